The molecule has 0 bridgehead atoms. The predicted molar refractivity (Wildman–Crippen MR) is 87.5 cm³/mol. The van der Waals surface area contributed by atoms with Gasteiger partial charge in [-0.2, -0.15) is 0 Å². The summed E-state index contributed by atoms with van der Waals surface area (Å²) < 4.78 is 4.66. The van der Waals surface area contributed by atoms with E-state index in [1.165, 1.54) is 7.11 Å². The lowest BCUT2D eigenvalue weighted by Crippen LogP contribution is -2.32. The van der Waals surface area contributed by atoms with Gasteiger partial charge in [0, 0.05) is 26.1 Å². The highest BCUT2D eigenvalue weighted by Gasteiger charge is 2.09. The maximum atomic E-state index is 11.6. The van der Waals surface area contributed by atoms with Gasteiger partial charge in [0.25, 0.3) is 0 Å². The average Bonchev–Trinajstić information content (AvgIpc) is 2.48. The molecule has 0 aliphatic heterocycles. The van der Waals surface area contributed by atoms with Crippen molar-refractivity contribution in [1.29, 1.82) is 0 Å². The number of amides is 1. The molecule has 0 atom stereocenters. The molecule has 0 heterocycles. The van der Waals surface area contributed by atoms with Crippen molar-refractivity contribution in [2.45, 2.75) is 6.42 Å². The minimum absolute atomic E-state index is 0.0328. The monoisotopic (exact) mass is 327 g/mol. The molecule has 6 nitrogen and oxygen atoms in total. The van der Waals surface area contributed by atoms with E-state index < -0.39 is 5.97 Å². The van der Waals surface area contributed by atoms with Gasteiger partial charge in [0.1, 0.15) is 0 Å². The quantitative estimate of drug-likeness (QED) is 0.710. The zero-order valence-corrected chi connectivity index (χ0v) is 13.9. The topological polar surface area (TPSA) is 70.7 Å². The summed E-state index contributed by atoms with van der Waals surface area (Å²) in [6.45, 7) is 1.84. The van der Waals surface area contributed by atoms with Crippen LogP contribution in [0, 0.1) is 0 Å². The van der Waals surface area contributed by atoms with Crippen molar-refractivity contribution in [3.8, 4) is 0 Å². The molecule has 7 heteroatoms. The van der Waals surface area contributed by atoms with Gasteiger partial charge in [-0.15, -0.1) is 0 Å². The average molecular weight is 328 g/mol. The van der Waals surface area contributed by atoms with Crippen LogP contribution >= 0.6 is 11.6 Å². The number of halogens is 1. The molecule has 1 aromatic carbocycles. The third-order valence-electron chi connectivity index (χ3n) is 2.94. The molecular weight excluding hydrogens is 306 g/mol. The second kappa shape index (κ2) is 9.27. The minimum Gasteiger partial charge on any atom is -0.465 e. The number of carbonyl (C=O) groups excluding carboxylic acids is 2. The molecule has 0 unspecified atom stereocenters. The van der Waals surface area contributed by atoms with Crippen LogP contribution in [0.25, 0.3) is 0 Å². The number of anilines is 1. The zero-order valence-electron chi connectivity index (χ0n) is 13.1. The fourth-order valence-corrected chi connectivity index (χ4v) is 1.91. The van der Waals surface area contributed by atoms with Gasteiger partial charge in [-0.1, -0.05) is 11.6 Å². The molecule has 0 saturated heterocycles. The summed E-state index contributed by atoms with van der Waals surface area (Å²) in [6, 6.07) is 4.82. The summed E-state index contributed by atoms with van der Waals surface area (Å²) in [6.07, 6.45) is 0.326. The van der Waals surface area contributed by atoms with E-state index in [9.17, 15) is 9.59 Å². The van der Waals surface area contributed by atoms with E-state index >= 15 is 0 Å². The van der Waals surface area contributed by atoms with Crippen molar-refractivity contribution in [2.24, 2.45) is 0 Å². The third-order valence-corrected chi connectivity index (χ3v) is 3.27. The molecule has 2 N–H and O–H groups in total. The first-order chi connectivity index (χ1) is 10.4. The van der Waals surface area contributed by atoms with Crippen LogP contribution in [0.15, 0.2) is 18.2 Å². The van der Waals surface area contributed by atoms with Crippen LogP contribution in [-0.2, 0) is 9.53 Å². The number of esters is 1. The number of methoxy groups -OCH3 is 1. The maximum absolute atomic E-state index is 11.6. The molecule has 0 fully saturated rings. The Morgan fingerprint density at radius 2 is 2.00 bits per heavy atom. The molecule has 0 aliphatic rings. The van der Waals surface area contributed by atoms with Crippen molar-refractivity contribution >= 4 is 29.2 Å². The Morgan fingerprint density at radius 1 is 1.27 bits per heavy atom. The van der Waals surface area contributed by atoms with Crippen LogP contribution in [0.3, 0.4) is 0 Å². The van der Waals surface area contributed by atoms with Crippen LogP contribution in [0.1, 0.15) is 16.8 Å². The lowest BCUT2D eigenvalue weighted by molar-refractivity contribution is -0.120. The summed E-state index contributed by atoms with van der Waals surface area (Å²) in [7, 11) is 5.22. The van der Waals surface area contributed by atoms with Crippen molar-refractivity contribution in [1.82, 2.24) is 10.2 Å². The van der Waals surface area contributed by atoms with Gasteiger partial charge in [-0.25, -0.2) is 4.79 Å². The number of likely N-dealkylation sites (N-methyl/N-ethyl adjacent to an activating group) is 1. The third kappa shape index (κ3) is 6.32. The second-order valence-corrected chi connectivity index (χ2v) is 5.42. The summed E-state index contributed by atoms with van der Waals surface area (Å²) in [4.78, 5) is 25.1. The largest absolute Gasteiger partial charge is 0.465 e. The maximum Gasteiger partial charge on any atom is 0.337 e. The van der Waals surface area contributed by atoms with E-state index in [0.717, 1.165) is 6.54 Å². The number of carbonyl (C=O) groups is 2. The molecule has 22 heavy (non-hydrogen) atoms. The zero-order chi connectivity index (χ0) is 16.5. The number of hydrogen-bond donors (Lipinski definition) is 2. The van der Waals surface area contributed by atoms with Crippen LogP contribution < -0.4 is 10.6 Å². The van der Waals surface area contributed by atoms with Crippen LogP contribution in [0.5, 0.6) is 0 Å². The molecule has 0 radical (unpaired) electrons. The number of rotatable bonds is 8. The standard InChI is InChI=1S/C15H22ClN3O3/c1-19(2)9-8-18-14(20)6-7-17-13-10-11(15(21)22-3)4-5-12(13)16/h4-5,10,17H,6-9H2,1-3H3,(H,18,20). The van der Waals surface area contributed by atoms with Gasteiger partial charge in [0.15, 0.2) is 0 Å². The molecule has 0 aliphatic carbocycles. The summed E-state index contributed by atoms with van der Waals surface area (Å²) in [5.41, 5.74) is 1.01. The molecule has 0 spiro atoms. The van der Waals surface area contributed by atoms with Crippen molar-refractivity contribution in [2.75, 3.05) is 46.2 Å². The van der Waals surface area contributed by atoms with Crippen LogP contribution in [0.2, 0.25) is 5.02 Å². The Morgan fingerprint density at radius 3 is 2.64 bits per heavy atom. The number of ether oxygens (including phenoxy) is 1. The number of benzene rings is 1. The summed E-state index contributed by atoms with van der Waals surface area (Å²) in [5.74, 6) is -0.462. The first-order valence-electron chi connectivity index (χ1n) is 6.97. The van der Waals surface area contributed by atoms with Gasteiger partial charge in [0.2, 0.25) is 5.91 Å². The van der Waals surface area contributed by atoms with E-state index in [1.807, 2.05) is 19.0 Å². The van der Waals surface area contributed by atoms with Crippen LogP contribution in [-0.4, -0.2) is 57.6 Å². The predicted octanol–water partition coefficient (Wildman–Crippen LogP) is 1.61. The Hall–Kier alpha value is -1.79. The molecule has 122 valence electrons. The fraction of sp³-hybridized carbons (Fsp3) is 0.467. The number of nitrogens with zero attached hydrogens (tertiary/aromatic N) is 1. The number of hydrogen-bond acceptors (Lipinski definition) is 5. The highest BCUT2D eigenvalue weighted by atomic mass is 35.5. The molecule has 1 amide bonds. The molecule has 0 aromatic heterocycles. The van der Waals surface area contributed by atoms with Crippen LogP contribution in [0.4, 0.5) is 5.69 Å². The smallest absolute Gasteiger partial charge is 0.337 e. The molecule has 1 aromatic rings. The summed E-state index contributed by atoms with van der Waals surface area (Å²) in [5, 5.41) is 6.36. The SMILES string of the molecule is COC(=O)c1ccc(Cl)c(NCCC(=O)NCCN(C)C)c1. The van der Waals surface area contributed by atoms with E-state index in [1.54, 1.807) is 18.2 Å². The van der Waals surface area contributed by atoms with Gasteiger partial charge < -0.3 is 20.3 Å². The Kier molecular flexibility index (Phi) is 7.70. The van der Waals surface area contributed by atoms with Gasteiger partial charge in [-0.3, -0.25) is 4.79 Å². The molecule has 0 saturated carbocycles. The van der Waals surface area contributed by atoms with Gasteiger partial charge in [0.05, 0.1) is 23.4 Å². The van der Waals surface area contributed by atoms with Crippen molar-refractivity contribution in [3.05, 3.63) is 28.8 Å². The first kappa shape index (κ1) is 18.3. The summed E-state index contributed by atoms with van der Waals surface area (Å²) >= 11 is 6.06. The van der Waals surface area contributed by atoms with E-state index in [0.29, 0.717) is 35.8 Å². The Balaban J connectivity index is 2.44. The molecule has 1 rings (SSSR count). The van der Waals surface area contributed by atoms with E-state index in [2.05, 4.69) is 15.4 Å². The van der Waals surface area contributed by atoms with Crippen molar-refractivity contribution in [3.63, 3.8) is 0 Å². The van der Waals surface area contributed by atoms with Crippen molar-refractivity contribution < 1.29 is 14.3 Å². The number of nitrogens with one attached hydrogen (secondary N) is 2. The Bertz CT molecular complexity index is 521. The lowest BCUT2D eigenvalue weighted by atomic mass is 10.2. The van der Waals surface area contributed by atoms with Gasteiger partial charge >= 0.3 is 5.97 Å². The van der Waals surface area contributed by atoms with E-state index in [-0.39, 0.29) is 5.91 Å². The highest BCUT2D eigenvalue weighted by molar-refractivity contribution is 6.33. The van der Waals surface area contributed by atoms with Gasteiger partial charge in [-0.05, 0) is 32.3 Å². The second-order valence-electron chi connectivity index (χ2n) is 5.02. The minimum atomic E-state index is -0.429. The lowest BCUT2D eigenvalue weighted by Gasteiger charge is -2.12. The van der Waals surface area contributed by atoms with E-state index in [4.69, 9.17) is 11.6 Å². The fourth-order valence-electron chi connectivity index (χ4n) is 1.72. The molecular formula is C15H22ClN3O3. The normalized spacial score (nSPS) is 10.4. The highest BCUT2D eigenvalue weighted by Crippen LogP contribution is 2.23. The first-order valence-corrected chi connectivity index (χ1v) is 7.35. The Labute approximate surface area is 135 Å².